The van der Waals surface area contributed by atoms with Crippen LogP contribution < -0.4 is 5.32 Å². The lowest BCUT2D eigenvalue weighted by Gasteiger charge is -2.42. The average Bonchev–Trinajstić information content (AvgIpc) is 2.72. The van der Waals surface area contributed by atoms with Gasteiger partial charge in [-0.05, 0) is 31.6 Å². The van der Waals surface area contributed by atoms with E-state index in [1.165, 1.54) is 25.7 Å². The number of piperazine rings is 1. The van der Waals surface area contributed by atoms with E-state index in [0.717, 1.165) is 6.54 Å². The standard InChI is InChI=1S/C14H24N2O2/c1-4-14(3)12(18)16(9-11(17)15-14)10-13(2)7-5-6-8-13/h4-10H2,1-3H3,(H,15,17). The fourth-order valence-corrected chi connectivity index (χ4v) is 3.21. The predicted octanol–water partition coefficient (Wildman–Crippen LogP) is 1.69. The zero-order valence-corrected chi connectivity index (χ0v) is 11.7. The lowest BCUT2D eigenvalue weighted by molar-refractivity contribution is -0.150. The van der Waals surface area contributed by atoms with Crippen molar-refractivity contribution in [3.63, 3.8) is 0 Å². The Balaban J connectivity index is 2.12. The molecule has 2 rings (SSSR count). The minimum atomic E-state index is -0.704. The molecule has 4 nitrogen and oxygen atoms in total. The molecule has 2 fully saturated rings. The van der Waals surface area contributed by atoms with Crippen LogP contribution in [0.4, 0.5) is 0 Å². The molecule has 1 aliphatic heterocycles. The topological polar surface area (TPSA) is 49.4 Å². The largest absolute Gasteiger partial charge is 0.340 e. The second-order valence-electron chi connectivity index (χ2n) is 6.41. The molecule has 1 atom stereocenters. The van der Waals surface area contributed by atoms with Crippen LogP contribution in [0.25, 0.3) is 0 Å². The second-order valence-corrected chi connectivity index (χ2v) is 6.41. The number of nitrogens with one attached hydrogen (secondary N) is 1. The summed E-state index contributed by atoms with van der Waals surface area (Å²) in [7, 11) is 0. The van der Waals surface area contributed by atoms with Crippen molar-refractivity contribution in [2.24, 2.45) is 5.41 Å². The fourth-order valence-electron chi connectivity index (χ4n) is 3.21. The van der Waals surface area contributed by atoms with E-state index >= 15 is 0 Å². The van der Waals surface area contributed by atoms with Crippen molar-refractivity contribution < 1.29 is 9.59 Å². The molecular weight excluding hydrogens is 228 g/mol. The summed E-state index contributed by atoms with van der Waals surface area (Å²) in [5.41, 5.74) is -0.494. The third kappa shape index (κ3) is 2.38. The SMILES string of the molecule is CCC1(C)NC(=O)CN(CC2(C)CCCC2)C1=O. The highest BCUT2D eigenvalue weighted by atomic mass is 16.2. The zero-order chi connectivity index (χ0) is 13.4. The lowest BCUT2D eigenvalue weighted by Crippen LogP contribution is -2.65. The van der Waals surface area contributed by atoms with Crippen LogP contribution in [0.15, 0.2) is 0 Å². The maximum atomic E-state index is 12.5. The van der Waals surface area contributed by atoms with Gasteiger partial charge in [-0.15, -0.1) is 0 Å². The average molecular weight is 252 g/mol. The summed E-state index contributed by atoms with van der Waals surface area (Å²) >= 11 is 0. The van der Waals surface area contributed by atoms with Crippen LogP contribution in [-0.4, -0.2) is 35.3 Å². The van der Waals surface area contributed by atoms with Crippen molar-refractivity contribution in [3.05, 3.63) is 0 Å². The Labute approximate surface area is 109 Å². The van der Waals surface area contributed by atoms with Gasteiger partial charge in [0, 0.05) is 6.54 Å². The molecule has 1 unspecified atom stereocenters. The van der Waals surface area contributed by atoms with E-state index in [0.29, 0.717) is 6.42 Å². The fraction of sp³-hybridized carbons (Fsp3) is 0.857. The number of rotatable bonds is 3. The molecule has 1 aliphatic carbocycles. The number of hydrogen-bond donors (Lipinski definition) is 1. The van der Waals surface area contributed by atoms with Gasteiger partial charge in [0.2, 0.25) is 11.8 Å². The highest BCUT2D eigenvalue weighted by Gasteiger charge is 2.43. The number of carbonyl (C=O) groups excluding carboxylic acids is 2. The van der Waals surface area contributed by atoms with E-state index in [4.69, 9.17) is 0 Å². The van der Waals surface area contributed by atoms with Gasteiger partial charge >= 0.3 is 0 Å². The lowest BCUT2D eigenvalue weighted by atomic mass is 9.86. The Hall–Kier alpha value is -1.06. The maximum Gasteiger partial charge on any atom is 0.248 e. The molecule has 0 aromatic carbocycles. The van der Waals surface area contributed by atoms with Crippen LogP contribution in [-0.2, 0) is 9.59 Å². The smallest absolute Gasteiger partial charge is 0.248 e. The molecule has 0 bridgehead atoms. The number of nitrogens with zero attached hydrogens (tertiary/aromatic N) is 1. The van der Waals surface area contributed by atoms with Crippen LogP contribution >= 0.6 is 0 Å². The summed E-state index contributed by atoms with van der Waals surface area (Å²) in [6.07, 6.45) is 5.47. The highest BCUT2D eigenvalue weighted by Crippen LogP contribution is 2.38. The summed E-state index contributed by atoms with van der Waals surface area (Å²) in [5, 5.41) is 2.83. The van der Waals surface area contributed by atoms with E-state index in [9.17, 15) is 9.59 Å². The van der Waals surface area contributed by atoms with E-state index in [2.05, 4.69) is 12.2 Å². The van der Waals surface area contributed by atoms with E-state index in [1.807, 2.05) is 13.8 Å². The van der Waals surface area contributed by atoms with Crippen LogP contribution in [0, 0.1) is 5.41 Å². The zero-order valence-electron chi connectivity index (χ0n) is 11.7. The molecule has 102 valence electrons. The van der Waals surface area contributed by atoms with Crippen molar-refractivity contribution in [3.8, 4) is 0 Å². The van der Waals surface area contributed by atoms with Gasteiger partial charge in [0.05, 0.1) is 6.54 Å². The van der Waals surface area contributed by atoms with E-state index in [1.54, 1.807) is 4.90 Å². The molecule has 4 heteroatoms. The molecule has 1 heterocycles. The first-order valence-electron chi connectivity index (χ1n) is 6.99. The summed E-state index contributed by atoms with van der Waals surface area (Å²) < 4.78 is 0. The van der Waals surface area contributed by atoms with Gasteiger partial charge in [0.15, 0.2) is 0 Å². The first kappa shape index (κ1) is 13.4. The Morgan fingerprint density at radius 2 is 1.83 bits per heavy atom. The van der Waals surface area contributed by atoms with E-state index in [-0.39, 0.29) is 23.8 Å². The van der Waals surface area contributed by atoms with Crippen molar-refractivity contribution in [1.82, 2.24) is 10.2 Å². The van der Waals surface area contributed by atoms with Crippen LogP contribution in [0.2, 0.25) is 0 Å². The minimum Gasteiger partial charge on any atom is -0.340 e. The molecule has 1 N–H and O–H groups in total. The van der Waals surface area contributed by atoms with Gasteiger partial charge in [-0.1, -0.05) is 26.7 Å². The summed E-state index contributed by atoms with van der Waals surface area (Å²) in [6.45, 7) is 6.97. The Kier molecular flexibility index (Phi) is 3.39. The molecular formula is C14H24N2O2. The van der Waals surface area contributed by atoms with Gasteiger partial charge in [-0.3, -0.25) is 9.59 Å². The molecule has 0 aromatic heterocycles. The molecule has 0 aromatic rings. The maximum absolute atomic E-state index is 12.5. The Morgan fingerprint density at radius 3 is 2.39 bits per heavy atom. The van der Waals surface area contributed by atoms with Crippen LogP contribution in [0.5, 0.6) is 0 Å². The first-order chi connectivity index (χ1) is 8.38. The number of carbonyl (C=O) groups is 2. The number of hydrogen-bond acceptors (Lipinski definition) is 2. The molecule has 2 aliphatic rings. The molecule has 2 amide bonds. The van der Waals surface area contributed by atoms with Gasteiger partial charge in [-0.25, -0.2) is 0 Å². The quantitative estimate of drug-likeness (QED) is 0.831. The third-order valence-electron chi connectivity index (χ3n) is 4.60. The summed E-state index contributed by atoms with van der Waals surface area (Å²) in [6, 6.07) is 0. The highest BCUT2D eigenvalue weighted by molar-refractivity contribution is 5.97. The predicted molar refractivity (Wildman–Crippen MR) is 70.0 cm³/mol. The van der Waals surface area contributed by atoms with Crippen LogP contribution in [0.3, 0.4) is 0 Å². The summed E-state index contributed by atoms with van der Waals surface area (Å²) in [4.78, 5) is 26.0. The van der Waals surface area contributed by atoms with E-state index < -0.39 is 5.54 Å². The second kappa shape index (κ2) is 4.56. The monoisotopic (exact) mass is 252 g/mol. The third-order valence-corrected chi connectivity index (χ3v) is 4.60. The van der Waals surface area contributed by atoms with Gasteiger partial charge in [0.1, 0.15) is 5.54 Å². The van der Waals surface area contributed by atoms with Crippen LogP contribution in [0.1, 0.15) is 52.9 Å². The molecule has 0 radical (unpaired) electrons. The normalized spacial score (nSPS) is 31.6. The van der Waals surface area contributed by atoms with Crippen molar-refractivity contribution in [2.45, 2.75) is 58.4 Å². The first-order valence-corrected chi connectivity index (χ1v) is 6.99. The van der Waals surface area contributed by atoms with Crippen molar-refractivity contribution in [2.75, 3.05) is 13.1 Å². The van der Waals surface area contributed by atoms with Gasteiger partial charge < -0.3 is 10.2 Å². The van der Waals surface area contributed by atoms with Crippen molar-refractivity contribution >= 4 is 11.8 Å². The minimum absolute atomic E-state index is 0.0273. The Morgan fingerprint density at radius 1 is 1.22 bits per heavy atom. The van der Waals surface area contributed by atoms with Gasteiger partial charge in [0.25, 0.3) is 0 Å². The van der Waals surface area contributed by atoms with Gasteiger partial charge in [-0.2, -0.15) is 0 Å². The summed E-state index contributed by atoms with van der Waals surface area (Å²) in [5.74, 6) is 0.0540. The molecule has 1 saturated heterocycles. The molecule has 0 spiro atoms. The van der Waals surface area contributed by atoms with Crippen molar-refractivity contribution in [1.29, 1.82) is 0 Å². The number of amides is 2. The molecule has 1 saturated carbocycles. The Bertz CT molecular complexity index is 361. The molecule has 18 heavy (non-hydrogen) atoms.